The van der Waals surface area contributed by atoms with Crippen LogP contribution in [0.25, 0.3) is 21.8 Å². The van der Waals surface area contributed by atoms with Crippen molar-refractivity contribution in [2.45, 2.75) is 18.6 Å². The van der Waals surface area contributed by atoms with Crippen LogP contribution in [0.1, 0.15) is 5.56 Å². The number of fused-ring (bicyclic) bond motifs is 3. The monoisotopic (exact) mass is 496 g/mol. The topological polar surface area (TPSA) is 75.7 Å². The van der Waals surface area contributed by atoms with E-state index in [4.69, 9.17) is 14.2 Å². The van der Waals surface area contributed by atoms with E-state index in [1.54, 1.807) is 7.11 Å². The molecule has 2 unspecified atom stereocenters. The summed E-state index contributed by atoms with van der Waals surface area (Å²) in [6.45, 7) is 1.11. The number of aliphatic hydroxyl groups is 1. The van der Waals surface area contributed by atoms with Crippen molar-refractivity contribution >= 4 is 21.8 Å². The lowest BCUT2D eigenvalue weighted by Crippen LogP contribution is -2.38. The zero-order chi connectivity index (χ0) is 25.5. The summed E-state index contributed by atoms with van der Waals surface area (Å²) in [4.78, 5) is 3.44. The van der Waals surface area contributed by atoms with E-state index in [2.05, 4.69) is 40.6 Å². The molecule has 37 heavy (non-hydrogen) atoms. The molecular weight excluding hydrogens is 464 g/mol. The highest BCUT2D eigenvalue weighted by Crippen LogP contribution is 2.31. The van der Waals surface area contributed by atoms with Crippen LogP contribution in [0.15, 0.2) is 97.1 Å². The van der Waals surface area contributed by atoms with Crippen LogP contribution in [0, 0.1) is 0 Å². The van der Waals surface area contributed by atoms with Crippen LogP contribution in [-0.4, -0.2) is 49.1 Å². The minimum absolute atomic E-state index is 0.146. The molecule has 6 heteroatoms. The highest BCUT2D eigenvalue weighted by atomic mass is 16.5. The second kappa shape index (κ2) is 11.8. The van der Waals surface area contributed by atoms with Crippen molar-refractivity contribution in [3.05, 3.63) is 103 Å². The Morgan fingerprint density at radius 1 is 0.757 bits per heavy atom. The SMILES string of the molecule is COc1ccccc1OC(CNCC(O)COc1cccc2c1[nH]c1ccccc12)Cc1ccccc1. The minimum Gasteiger partial charge on any atom is -0.493 e. The molecule has 0 radical (unpaired) electrons. The Balaban J connectivity index is 1.19. The van der Waals surface area contributed by atoms with E-state index >= 15 is 0 Å². The van der Waals surface area contributed by atoms with Crippen molar-refractivity contribution in [3.8, 4) is 17.2 Å². The summed E-state index contributed by atoms with van der Waals surface area (Å²) >= 11 is 0. The first-order valence-electron chi connectivity index (χ1n) is 12.6. The summed E-state index contributed by atoms with van der Waals surface area (Å²) in [5.41, 5.74) is 3.19. The lowest BCUT2D eigenvalue weighted by atomic mass is 10.1. The number of aromatic nitrogens is 1. The number of benzene rings is 4. The Hall–Kier alpha value is -4.00. The van der Waals surface area contributed by atoms with Crippen molar-refractivity contribution in [2.24, 2.45) is 0 Å². The molecule has 0 saturated carbocycles. The Bertz CT molecular complexity index is 1430. The zero-order valence-corrected chi connectivity index (χ0v) is 20.9. The molecule has 0 aliphatic carbocycles. The minimum atomic E-state index is -0.678. The predicted octanol–water partition coefficient (Wildman–Crippen LogP) is 5.35. The number of methoxy groups -OCH3 is 1. The Morgan fingerprint density at radius 3 is 2.30 bits per heavy atom. The molecule has 0 bridgehead atoms. The van der Waals surface area contributed by atoms with Crippen molar-refractivity contribution in [2.75, 3.05) is 26.8 Å². The lowest BCUT2D eigenvalue weighted by Gasteiger charge is -2.22. The van der Waals surface area contributed by atoms with Gasteiger partial charge in [0.05, 0.1) is 12.6 Å². The second-order valence-corrected chi connectivity index (χ2v) is 9.05. The number of nitrogens with one attached hydrogen (secondary N) is 2. The standard InChI is InChI=1S/C31H32N2O4/c1-35-28-15-7-8-16-29(28)37-24(18-22-10-3-2-4-11-22)20-32-19-23(34)21-36-30-17-9-13-26-25-12-5-6-14-27(25)33-31(26)30/h2-17,23-24,32-34H,18-21H2,1H3. The summed E-state index contributed by atoms with van der Waals surface area (Å²) < 4.78 is 17.8. The van der Waals surface area contributed by atoms with Gasteiger partial charge in [0, 0.05) is 35.8 Å². The van der Waals surface area contributed by atoms with E-state index in [1.807, 2.05) is 66.7 Å². The van der Waals surface area contributed by atoms with E-state index in [1.165, 1.54) is 5.56 Å². The number of H-pyrrole nitrogens is 1. The van der Waals surface area contributed by atoms with Crippen LogP contribution >= 0.6 is 0 Å². The molecule has 4 aromatic carbocycles. The third-order valence-electron chi connectivity index (χ3n) is 6.36. The average molecular weight is 497 g/mol. The van der Waals surface area contributed by atoms with Gasteiger partial charge in [-0.1, -0.05) is 72.8 Å². The lowest BCUT2D eigenvalue weighted by molar-refractivity contribution is 0.102. The number of aliphatic hydroxyl groups excluding tert-OH is 1. The number of para-hydroxylation sites is 4. The molecule has 0 aliphatic rings. The number of rotatable bonds is 12. The molecule has 0 saturated heterocycles. The summed E-state index contributed by atoms with van der Waals surface area (Å²) in [5.74, 6) is 2.12. The Labute approximate surface area is 216 Å². The third-order valence-corrected chi connectivity index (χ3v) is 6.36. The molecule has 0 fully saturated rings. The highest BCUT2D eigenvalue weighted by molar-refractivity contribution is 6.09. The fourth-order valence-corrected chi connectivity index (χ4v) is 4.55. The van der Waals surface area contributed by atoms with E-state index in [-0.39, 0.29) is 12.7 Å². The van der Waals surface area contributed by atoms with Gasteiger partial charge < -0.3 is 29.6 Å². The van der Waals surface area contributed by atoms with Crippen LogP contribution in [0.4, 0.5) is 0 Å². The largest absolute Gasteiger partial charge is 0.493 e. The Kier molecular flexibility index (Phi) is 7.89. The summed E-state index contributed by atoms with van der Waals surface area (Å²) in [6, 6.07) is 32.0. The highest BCUT2D eigenvalue weighted by Gasteiger charge is 2.16. The van der Waals surface area contributed by atoms with E-state index in [9.17, 15) is 5.11 Å². The molecule has 3 N–H and O–H groups in total. The molecule has 1 heterocycles. The average Bonchev–Trinajstić information content (AvgIpc) is 3.32. The van der Waals surface area contributed by atoms with Crippen LogP contribution in [0.5, 0.6) is 17.2 Å². The maximum Gasteiger partial charge on any atom is 0.161 e. The van der Waals surface area contributed by atoms with Crippen LogP contribution < -0.4 is 19.5 Å². The van der Waals surface area contributed by atoms with Gasteiger partial charge in [0.1, 0.15) is 24.6 Å². The quantitative estimate of drug-likeness (QED) is 0.217. The van der Waals surface area contributed by atoms with Crippen molar-refractivity contribution in [1.82, 2.24) is 10.3 Å². The maximum atomic E-state index is 10.6. The maximum absolute atomic E-state index is 10.6. The molecule has 0 spiro atoms. The van der Waals surface area contributed by atoms with Crippen molar-refractivity contribution < 1.29 is 19.3 Å². The summed E-state index contributed by atoms with van der Waals surface area (Å²) in [6.07, 6.45) is -0.101. The number of hydrogen-bond donors (Lipinski definition) is 3. The number of ether oxygens (including phenoxy) is 3. The van der Waals surface area contributed by atoms with Crippen LogP contribution in [-0.2, 0) is 6.42 Å². The van der Waals surface area contributed by atoms with E-state index in [0.29, 0.717) is 24.6 Å². The predicted molar refractivity (Wildman–Crippen MR) is 148 cm³/mol. The number of hydrogen-bond acceptors (Lipinski definition) is 5. The van der Waals surface area contributed by atoms with Gasteiger partial charge in [0.15, 0.2) is 11.5 Å². The van der Waals surface area contributed by atoms with Gasteiger partial charge in [-0.25, -0.2) is 0 Å². The van der Waals surface area contributed by atoms with Gasteiger partial charge in [-0.15, -0.1) is 0 Å². The normalized spacial score (nSPS) is 12.9. The van der Waals surface area contributed by atoms with Gasteiger partial charge in [0.2, 0.25) is 0 Å². The van der Waals surface area contributed by atoms with Crippen molar-refractivity contribution in [3.63, 3.8) is 0 Å². The molecule has 190 valence electrons. The molecule has 5 rings (SSSR count). The first-order chi connectivity index (χ1) is 18.2. The van der Waals surface area contributed by atoms with Gasteiger partial charge >= 0.3 is 0 Å². The van der Waals surface area contributed by atoms with Gasteiger partial charge in [-0.3, -0.25) is 0 Å². The molecule has 0 aliphatic heterocycles. The fourth-order valence-electron chi connectivity index (χ4n) is 4.55. The fraction of sp³-hybridized carbons (Fsp3) is 0.226. The van der Waals surface area contributed by atoms with E-state index in [0.717, 1.165) is 34.0 Å². The summed E-state index contributed by atoms with van der Waals surface area (Å²) in [5, 5.41) is 16.3. The zero-order valence-electron chi connectivity index (χ0n) is 20.9. The molecular formula is C31H32N2O4. The molecule has 1 aromatic heterocycles. The third kappa shape index (κ3) is 6.05. The molecule has 6 nitrogen and oxygen atoms in total. The molecule has 2 atom stereocenters. The second-order valence-electron chi connectivity index (χ2n) is 9.05. The van der Waals surface area contributed by atoms with Crippen LogP contribution in [0.2, 0.25) is 0 Å². The van der Waals surface area contributed by atoms with Gasteiger partial charge in [0.25, 0.3) is 0 Å². The van der Waals surface area contributed by atoms with Gasteiger partial charge in [-0.05, 0) is 29.8 Å². The summed E-state index contributed by atoms with van der Waals surface area (Å²) in [7, 11) is 1.64. The van der Waals surface area contributed by atoms with Crippen LogP contribution in [0.3, 0.4) is 0 Å². The first kappa shape index (κ1) is 24.7. The van der Waals surface area contributed by atoms with E-state index < -0.39 is 6.10 Å². The smallest absolute Gasteiger partial charge is 0.161 e. The van der Waals surface area contributed by atoms with Crippen molar-refractivity contribution in [1.29, 1.82) is 0 Å². The van der Waals surface area contributed by atoms with Gasteiger partial charge in [-0.2, -0.15) is 0 Å². The number of aromatic amines is 1. The molecule has 5 aromatic rings. The molecule has 0 amide bonds. The first-order valence-corrected chi connectivity index (χ1v) is 12.6. The Morgan fingerprint density at radius 2 is 1.46 bits per heavy atom.